The van der Waals surface area contributed by atoms with Gasteiger partial charge < -0.3 is 10.0 Å². The van der Waals surface area contributed by atoms with E-state index < -0.39 is 17.1 Å². The number of hydrogen-bond donors (Lipinski definition) is 1. The van der Waals surface area contributed by atoms with Gasteiger partial charge >= 0.3 is 0 Å². The van der Waals surface area contributed by atoms with Gasteiger partial charge in [-0.2, -0.15) is 0 Å². The van der Waals surface area contributed by atoms with Crippen molar-refractivity contribution >= 4 is 11.7 Å². The highest BCUT2D eigenvalue weighted by atomic mass is 16.3. The fraction of sp³-hybridized carbons (Fsp3) is 0.833. The molecule has 0 aliphatic carbocycles. The molecular weight excluding hydrogens is 206 g/mol. The van der Waals surface area contributed by atoms with Crippen LogP contribution in [0.4, 0.5) is 0 Å². The number of likely N-dealkylation sites (tertiary alicyclic amines) is 1. The molecular formula is C12H21NO3. The number of aliphatic hydroxyl groups is 1. The van der Waals surface area contributed by atoms with Gasteiger partial charge in [0.05, 0.1) is 12.0 Å². The van der Waals surface area contributed by atoms with Gasteiger partial charge in [-0.3, -0.25) is 9.59 Å². The van der Waals surface area contributed by atoms with Crippen LogP contribution in [0.15, 0.2) is 0 Å². The van der Waals surface area contributed by atoms with Crippen LogP contribution in [0.2, 0.25) is 0 Å². The van der Waals surface area contributed by atoms with E-state index in [0.29, 0.717) is 6.54 Å². The van der Waals surface area contributed by atoms with E-state index in [9.17, 15) is 9.59 Å². The fourth-order valence-electron chi connectivity index (χ4n) is 1.89. The Balaban J connectivity index is 2.73. The summed E-state index contributed by atoms with van der Waals surface area (Å²) in [6.07, 6.45) is 3.03. The summed E-state index contributed by atoms with van der Waals surface area (Å²) in [6, 6.07) is 0.139. The second kappa shape index (κ2) is 4.95. The molecule has 0 spiro atoms. The average Bonchev–Trinajstić information content (AvgIpc) is 2.27. The first kappa shape index (κ1) is 13.2. The number of Topliss-reactive ketones (excluding diaryl/α,β-unsaturated/α-hetero) is 1. The Kier molecular flexibility index (Phi) is 4.08. The van der Waals surface area contributed by atoms with Crippen molar-refractivity contribution in [2.45, 2.75) is 46.1 Å². The molecule has 0 bridgehead atoms. The van der Waals surface area contributed by atoms with E-state index in [0.717, 1.165) is 19.3 Å². The molecule has 92 valence electrons. The lowest BCUT2D eigenvalue weighted by atomic mass is 9.87. The maximum atomic E-state index is 12.0. The van der Waals surface area contributed by atoms with Gasteiger partial charge in [0.15, 0.2) is 0 Å². The molecule has 1 heterocycles. The van der Waals surface area contributed by atoms with Crippen LogP contribution in [0, 0.1) is 5.41 Å². The molecule has 16 heavy (non-hydrogen) atoms. The number of carbonyl (C=O) groups is 2. The van der Waals surface area contributed by atoms with Crippen molar-refractivity contribution in [2.75, 3.05) is 13.2 Å². The summed E-state index contributed by atoms with van der Waals surface area (Å²) in [5.74, 6) is -0.921. The van der Waals surface area contributed by atoms with Crippen LogP contribution in [-0.2, 0) is 9.59 Å². The van der Waals surface area contributed by atoms with Gasteiger partial charge in [0.2, 0.25) is 5.78 Å². The second-order valence-corrected chi connectivity index (χ2v) is 5.21. The maximum absolute atomic E-state index is 12.0. The molecule has 1 N–H and O–H groups in total. The Morgan fingerprint density at radius 3 is 2.50 bits per heavy atom. The number of aliphatic hydroxyl groups excluding tert-OH is 1. The van der Waals surface area contributed by atoms with Gasteiger partial charge in [-0.1, -0.05) is 13.8 Å². The zero-order valence-corrected chi connectivity index (χ0v) is 10.3. The van der Waals surface area contributed by atoms with Crippen LogP contribution in [-0.4, -0.2) is 40.9 Å². The summed E-state index contributed by atoms with van der Waals surface area (Å²) in [5.41, 5.74) is -0.964. The number of amides is 1. The summed E-state index contributed by atoms with van der Waals surface area (Å²) >= 11 is 0. The maximum Gasteiger partial charge on any atom is 0.290 e. The van der Waals surface area contributed by atoms with Crippen molar-refractivity contribution in [3.8, 4) is 0 Å². The number of nitrogens with zero attached hydrogens (tertiary/aromatic N) is 1. The second-order valence-electron chi connectivity index (χ2n) is 5.21. The van der Waals surface area contributed by atoms with Crippen molar-refractivity contribution < 1.29 is 14.7 Å². The molecule has 1 aliphatic heterocycles. The van der Waals surface area contributed by atoms with Crippen LogP contribution in [0.1, 0.15) is 40.0 Å². The lowest BCUT2D eigenvalue weighted by Crippen LogP contribution is -2.49. The minimum Gasteiger partial charge on any atom is -0.395 e. The fourth-order valence-corrected chi connectivity index (χ4v) is 1.89. The lowest BCUT2D eigenvalue weighted by Gasteiger charge is -2.34. The minimum atomic E-state index is -0.964. The predicted molar refractivity (Wildman–Crippen MR) is 60.9 cm³/mol. The van der Waals surface area contributed by atoms with E-state index in [4.69, 9.17) is 5.11 Å². The summed E-state index contributed by atoms with van der Waals surface area (Å²) in [5, 5.41) is 9.09. The zero-order chi connectivity index (χ0) is 12.3. The Hall–Kier alpha value is -0.900. The third-order valence-corrected chi connectivity index (χ3v) is 3.27. The number of rotatable bonds is 3. The average molecular weight is 227 g/mol. The van der Waals surface area contributed by atoms with E-state index in [1.54, 1.807) is 18.7 Å². The highest BCUT2D eigenvalue weighted by Crippen LogP contribution is 2.21. The molecule has 0 saturated carbocycles. The molecule has 1 saturated heterocycles. The number of piperidine rings is 1. The zero-order valence-electron chi connectivity index (χ0n) is 10.3. The Labute approximate surface area is 96.6 Å². The van der Waals surface area contributed by atoms with Crippen molar-refractivity contribution in [2.24, 2.45) is 5.41 Å². The monoisotopic (exact) mass is 227 g/mol. The first-order valence-electron chi connectivity index (χ1n) is 5.86. The highest BCUT2D eigenvalue weighted by molar-refractivity contribution is 6.38. The topological polar surface area (TPSA) is 57.6 Å². The molecule has 1 rings (SSSR count). The van der Waals surface area contributed by atoms with Crippen LogP contribution >= 0.6 is 0 Å². The largest absolute Gasteiger partial charge is 0.395 e. The van der Waals surface area contributed by atoms with Gasteiger partial charge in [-0.15, -0.1) is 0 Å². The molecule has 0 radical (unpaired) electrons. The summed E-state index contributed by atoms with van der Waals surface area (Å²) in [4.78, 5) is 25.5. The van der Waals surface area contributed by atoms with Gasteiger partial charge in [0, 0.05) is 12.6 Å². The van der Waals surface area contributed by atoms with Crippen LogP contribution in [0.25, 0.3) is 0 Å². The normalized spacial score (nSPS) is 22.0. The van der Waals surface area contributed by atoms with Gasteiger partial charge in [0.25, 0.3) is 5.91 Å². The summed E-state index contributed by atoms with van der Waals surface area (Å²) < 4.78 is 0. The van der Waals surface area contributed by atoms with Crippen molar-refractivity contribution in [3.05, 3.63) is 0 Å². The van der Waals surface area contributed by atoms with Crippen LogP contribution in [0.3, 0.4) is 0 Å². The molecule has 0 aromatic carbocycles. The summed E-state index contributed by atoms with van der Waals surface area (Å²) in [6.45, 7) is 5.53. The van der Waals surface area contributed by atoms with E-state index in [-0.39, 0.29) is 12.6 Å². The Bertz CT molecular complexity index is 286. The molecule has 1 amide bonds. The van der Waals surface area contributed by atoms with Gasteiger partial charge in [-0.05, 0) is 26.2 Å². The van der Waals surface area contributed by atoms with E-state index in [2.05, 4.69) is 0 Å². The van der Waals surface area contributed by atoms with Crippen LogP contribution < -0.4 is 0 Å². The van der Waals surface area contributed by atoms with Gasteiger partial charge in [-0.25, -0.2) is 0 Å². The molecule has 1 aliphatic rings. The van der Waals surface area contributed by atoms with E-state index >= 15 is 0 Å². The SMILES string of the molecule is CC1CCCCN1C(=O)C(=O)C(C)(C)CO. The van der Waals surface area contributed by atoms with Crippen molar-refractivity contribution in [3.63, 3.8) is 0 Å². The van der Waals surface area contributed by atoms with E-state index in [1.807, 2.05) is 6.92 Å². The van der Waals surface area contributed by atoms with E-state index in [1.165, 1.54) is 0 Å². The smallest absolute Gasteiger partial charge is 0.290 e. The third-order valence-electron chi connectivity index (χ3n) is 3.27. The van der Waals surface area contributed by atoms with Crippen LogP contribution in [0.5, 0.6) is 0 Å². The number of carbonyl (C=O) groups excluding carboxylic acids is 2. The summed E-state index contributed by atoms with van der Waals surface area (Å²) in [7, 11) is 0. The lowest BCUT2D eigenvalue weighted by molar-refractivity contribution is -0.152. The highest BCUT2D eigenvalue weighted by Gasteiger charge is 2.37. The quantitative estimate of drug-likeness (QED) is 0.731. The Morgan fingerprint density at radius 1 is 1.38 bits per heavy atom. The molecule has 1 atom stereocenters. The minimum absolute atomic E-state index is 0.139. The van der Waals surface area contributed by atoms with Crippen molar-refractivity contribution in [1.29, 1.82) is 0 Å². The number of ketones is 1. The molecule has 4 nitrogen and oxygen atoms in total. The standard InChI is InChI=1S/C12H21NO3/c1-9-6-4-5-7-13(9)11(16)10(15)12(2,3)8-14/h9,14H,4-8H2,1-3H3. The van der Waals surface area contributed by atoms with Gasteiger partial charge in [0.1, 0.15) is 0 Å². The third kappa shape index (κ3) is 2.61. The first-order valence-corrected chi connectivity index (χ1v) is 5.86. The first-order chi connectivity index (χ1) is 7.40. The molecule has 1 fully saturated rings. The predicted octanol–water partition coefficient (Wildman–Crippen LogP) is 0.975. The molecule has 0 aromatic rings. The molecule has 1 unspecified atom stereocenters. The van der Waals surface area contributed by atoms with Crippen molar-refractivity contribution in [1.82, 2.24) is 4.90 Å². The molecule has 0 aromatic heterocycles. The number of hydrogen-bond acceptors (Lipinski definition) is 3. The Morgan fingerprint density at radius 2 is 2.00 bits per heavy atom. The molecule has 4 heteroatoms.